The normalized spacial score (nSPS) is 10.8. The minimum atomic E-state index is 0.746. The predicted octanol–water partition coefficient (Wildman–Crippen LogP) is 2.02. The van der Waals surface area contributed by atoms with Crippen LogP contribution in [0, 0.1) is 0 Å². The van der Waals surface area contributed by atoms with E-state index in [1.807, 2.05) is 0 Å². The van der Waals surface area contributed by atoms with Crippen molar-refractivity contribution in [3.8, 4) is 0 Å². The van der Waals surface area contributed by atoms with Gasteiger partial charge in [0.05, 0.1) is 13.2 Å². The maximum atomic E-state index is 4.96. The molecule has 15 heavy (non-hydrogen) atoms. The van der Waals surface area contributed by atoms with E-state index in [4.69, 9.17) is 9.47 Å². The highest BCUT2D eigenvalue weighted by Gasteiger charge is 2.04. The molecule has 1 aromatic rings. The molecule has 0 saturated heterocycles. The second kappa shape index (κ2) is 8.35. The monoisotopic (exact) mass is 266 g/mol. The van der Waals surface area contributed by atoms with Gasteiger partial charge in [-0.3, -0.25) is 0 Å². The lowest BCUT2D eigenvalue weighted by Crippen LogP contribution is -1.90. The molecular weight excluding hydrogens is 252 g/mol. The Balaban J connectivity index is 2.23. The molecule has 0 aliphatic rings. The van der Waals surface area contributed by atoms with Gasteiger partial charge >= 0.3 is 0 Å². The largest absolute Gasteiger partial charge is 0.384 e. The van der Waals surface area contributed by atoms with Gasteiger partial charge in [0, 0.05) is 25.7 Å². The van der Waals surface area contributed by atoms with Crippen LogP contribution in [0.2, 0.25) is 0 Å². The van der Waals surface area contributed by atoms with Gasteiger partial charge in [-0.05, 0) is 0 Å². The molecule has 0 amide bonds. The summed E-state index contributed by atoms with van der Waals surface area (Å²) in [6, 6.07) is 0. The molecule has 4 nitrogen and oxygen atoms in total. The smallest absolute Gasteiger partial charge is 0.175 e. The first-order chi connectivity index (χ1) is 7.36. The van der Waals surface area contributed by atoms with E-state index in [0.29, 0.717) is 0 Å². The van der Waals surface area contributed by atoms with Crippen LogP contribution in [0.1, 0.15) is 0 Å². The molecule has 7 heteroatoms. The molecule has 0 atom stereocenters. The lowest BCUT2D eigenvalue weighted by atomic mass is 10.9. The van der Waals surface area contributed by atoms with Gasteiger partial charge in [0.2, 0.25) is 0 Å². The van der Waals surface area contributed by atoms with Crippen molar-refractivity contribution >= 4 is 34.9 Å². The van der Waals surface area contributed by atoms with Crippen molar-refractivity contribution in [2.24, 2.45) is 0 Å². The van der Waals surface area contributed by atoms with Gasteiger partial charge in [-0.25, -0.2) is 0 Å². The third kappa shape index (κ3) is 5.72. The van der Waals surface area contributed by atoms with Crippen LogP contribution in [0.25, 0.3) is 0 Å². The van der Waals surface area contributed by atoms with Gasteiger partial charge in [-0.15, -0.1) is 10.2 Å². The van der Waals surface area contributed by atoms with Crippen molar-refractivity contribution in [2.45, 2.75) is 8.68 Å². The van der Waals surface area contributed by atoms with E-state index >= 15 is 0 Å². The number of hydrogen-bond donors (Lipinski definition) is 0. The number of ether oxygens (including phenoxy) is 2. The van der Waals surface area contributed by atoms with Crippen molar-refractivity contribution in [3.05, 3.63) is 0 Å². The first-order valence-electron chi connectivity index (χ1n) is 4.43. The zero-order valence-electron chi connectivity index (χ0n) is 8.76. The molecule has 86 valence electrons. The van der Waals surface area contributed by atoms with Crippen molar-refractivity contribution in [2.75, 3.05) is 38.9 Å². The van der Waals surface area contributed by atoms with Crippen LogP contribution >= 0.6 is 34.9 Å². The van der Waals surface area contributed by atoms with Crippen molar-refractivity contribution < 1.29 is 9.47 Å². The van der Waals surface area contributed by atoms with Crippen LogP contribution in [-0.2, 0) is 9.47 Å². The van der Waals surface area contributed by atoms with Crippen LogP contribution in [0.15, 0.2) is 8.68 Å². The van der Waals surface area contributed by atoms with Gasteiger partial charge in [-0.1, -0.05) is 34.9 Å². The summed E-state index contributed by atoms with van der Waals surface area (Å²) >= 11 is 4.99. The third-order valence-electron chi connectivity index (χ3n) is 1.41. The SMILES string of the molecule is COCCSc1nnc(SCCOC)s1. The average molecular weight is 266 g/mol. The summed E-state index contributed by atoms with van der Waals surface area (Å²) in [4.78, 5) is 0. The zero-order chi connectivity index (χ0) is 10.9. The summed E-state index contributed by atoms with van der Waals surface area (Å²) in [6.07, 6.45) is 0. The number of thioether (sulfide) groups is 2. The summed E-state index contributed by atoms with van der Waals surface area (Å²) in [6.45, 7) is 1.49. The van der Waals surface area contributed by atoms with Crippen LogP contribution in [0.4, 0.5) is 0 Å². The Kier molecular flexibility index (Phi) is 7.37. The number of methoxy groups -OCH3 is 2. The Labute approximate surface area is 102 Å². The molecule has 0 fully saturated rings. The first kappa shape index (κ1) is 13.2. The minimum absolute atomic E-state index is 0.746. The zero-order valence-corrected chi connectivity index (χ0v) is 11.2. The fourth-order valence-electron chi connectivity index (χ4n) is 0.738. The third-order valence-corrected chi connectivity index (χ3v) is 4.53. The lowest BCUT2D eigenvalue weighted by Gasteiger charge is -1.94. The predicted molar refractivity (Wildman–Crippen MR) is 65.1 cm³/mol. The second-order valence-electron chi connectivity index (χ2n) is 2.52. The van der Waals surface area contributed by atoms with E-state index in [1.165, 1.54) is 0 Å². The first-order valence-corrected chi connectivity index (χ1v) is 7.22. The van der Waals surface area contributed by atoms with E-state index in [0.717, 1.165) is 33.4 Å². The van der Waals surface area contributed by atoms with E-state index in [1.54, 1.807) is 49.1 Å². The molecule has 0 bridgehead atoms. The van der Waals surface area contributed by atoms with Crippen LogP contribution in [0.3, 0.4) is 0 Å². The summed E-state index contributed by atoms with van der Waals surface area (Å²) in [5.41, 5.74) is 0. The Morgan fingerprint density at radius 3 is 1.87 bits per heavy atom. The van der Waals surface area contributed by atoms with Crippen molar-refractivity contribution in [1.29, 1.82) is 0 Å². The second-order valence-corrected chi connectivity index (χ2v) is 6.18. The molecule has 0 aromatic carbocycles. The van der Waals surface area contributed by atoms with E-state index in [9.17, 15) is 0 Å². The van der Waals surface area contributed by atoms with E-state index in [2.05, 4.69) is 10.2 Å². The Hall–Kier alpha value is 0.180. The van der Waals surface area contributed by atoms with Gasteiger partial charge in [0.1, 0.15) is 0 Å². The van der Waals surface area contributed by atoms with Gasteiger partial charge in [0.15, 0.2) is 8.68 Å². The lowest BCUT2D eigenvalue weighted by molar-refractivity contribution is 0.218. The summed E-state index contributed by atoms with van der Waals surface area (Å²) in [5, 5.41) is 8.16. The Bertz CT molecular complexity index is 246. The molecule has 1 rings (SSSR count). The van der Waals surface area contributed by atoms with Crippen molar-refractivity contribution in [3.63, 3.8) is 0 Å². The highest BCUT2D eigenvalue weighted by molar-refractivity contribution is 8.03. The number of nitrogens with zero attached hydrogens (tertiary/aromatic N) is 2. The quantitative estimate of drug-likeness (QED) is 0.530. The maximum absolute atomic E-state index is 4.96. The van der Waals surface area contributed by atoms with Gasteiger partial charge in [0.25, 0.3) is 0 Å². The minimum Gasteiger partial charge on any atom is -0.384 e. The standard InChI is InChI=1S/C8H14N2O2S3/c1-11-3-5-13-7-9-10-8(15-7)14-6-4-12-2/h3-6H2,1-2H3. The Morgan fingerprint density at radius 2 is 1.47 bits per heavy atom. The summed E-state index contributed by atoms with van der Waals surface area (Å²) in [7, 11) is 3.40. The highest BCUT2D eigenvalue weighted by Crippen LogP contribution is 2.28. The van der Waals surface area contributed by atoms with E-state index < -0.39 is 0 Å². The van der Waals surface area contributed by atoms with E-state index in [-0.39, 0.29) is 0 Å². The van der Waals surface area contributed by atoms with Gasteiger partial charge < -0.3 is 9.47 Å². The molecule has 0 spiro atoms. The van der Waals surface area contributed by atoms with Crippen LogP contribution < -0.4 is 0 Å². The number of aromatic nitrogens is 2. The summed E-state index contributed by atoms with van der Waals surface area (Å²) in [5.74, 6) is 1.85. The molecule has 1 aromatic heterocycles. The van der Waals surface area contributed by atoms with Gasteiger partial charge in [-0.2, -0.15) is 0 Å². The molecule has 1 heterocycles. The van der Waals surface area contributed by atoms with Crippen molar-refractivity contribution in [1.82, 2.24) is 10.2 Å². The molecule has 0 radical (unpaired) electrons. The number of hydrogen-bond acceptors (Lipinski definition) is 7. The molecule has 0 saturated carbocycles. The summed E-state index contributed by atoms with van der Waals surface area (Å²) < 4.78 is 11.9. The topological polar surface area (TPSA) is 44.2 Å². The Morgan fingerprint density at radius 1 is 1.00 bits per heavy atom. The molecule has 0 aliphatic heterocycles. The number of rotatable bonds is 8. The maximum Gasteiger partial charge on any atom is 0.175 e. The average Bonchev–Trinajstić information content (AvgIpc) is 2.67. The fraction of sp³-hybridized carbons (Fsp3) is 0.750. The van der Waals surface area contributed by atoms with Crippen LogP contribution in [0.5, 0.6) is 0 Å². The molecular formula is C8H14N2O2S3. The highest BCUT2D eigenvalue weighted by atomic mass is 32.2. The molecule has 0 unspecified atom stereocenters. The van der Waals surface area contributed by atoms with Crippen LogP contribution in [-0.4, -0.2) is 49.1 Å². The molecule has 0 aliphatic carbocycles. The fourth-order valence-corrected chi connectivity index (χ4v) is 3.70. The molecule has 0 N–H and O–H groups in total.